The fraction of sp³-hybridized carbons (Fsp3) is 0.450. The molecular formula is C20H24N4OS. The van der Waals surface area contributed by atoms with Gasteiger partial charge in [0.2, 0.25) is 0 Å². The average Bonchev–Trinajstić information content (AvgIpc) is 3.23. The third-order valence-electron chi connectivity index (χ3n) is 4.97. The smallest absolute Gasteiger partial charge is 0.254 e. The molecule has 5 nitrogen and oxygen atoms in total. The van der Waals surface area contributed by atoms with Crippen molar-refractivity contribution >= 4 is 28.3 Å². The lowest BCUT2D eigenvalue weighted by molar-refractivity contribution is 0.0742. The van der Waals surface area contributed by atoms with Gasteiger partial charge in [0, 0.05) is 19.6 Å². The highest BCUT2D eigenvalue weighted by atomic mass is 32.1. The fourth-order valence-corrected chi connectivity index (χ4v) is 4.17. The Morgan fingerprint density at radius 1 is 1.42 bits per heavy atom. The molecule has 6 heteroatoms. The highest BCUT2D eigenvalue weighted by Gasteiger charge is 2.34. The summed E-state index contributed by atoms with van der Waals surface area (Å²) in [6.45, 7) is 4.96. The summed E-state index contributed by atoms with van der Waals surface area (Å²) >= 11 is 1.64. The standard InChI is InChI=1S/C20H24N4OS/c1-4-5-10-24(14-8-9-14)20(25)15-12-16(17-7-6-11-26-17)21-19-18(15)13(2)22-23(19)3/h6-7,11-12,14H,4-5,8-10H2,1-3H3. The number of unbranched alkanes of at least 4 members (excludes halogenated alkanes) is 1. The summed E-state index contributed by atoms with van der Waals surface area (Å²) in [4.78, 5) is 21.4. The molecule has 3 heterocycles. The molecule has 1 amide bonds. The molecule has 3 aromatic rings. The van der Waals surface area contributed by atoms with Gasteiger partial charge >= 0.3 is 0 Å². The van der Waals surface area contributed by atoms with Gasteiger partial charge in [-0.25, -0.2) is 4.98 Å². The Bertz CT molecular complexity index is 941. The first kappa shape index (κ1) is 17.2. The van der Waals surface area contributed by atoms with Crippen LogP contribution in [0.15, 0.2) is 23.6 Å². The molecule has 0 spiro atoms. The molecule has 0 radical (unpaired) electrons. The molecule has 1 fully saturated rings. The maximum Gasteiger partial charge on any atom is 0.254 e. The largest absolute Gasteiger partial charge is 0.336 e. The van der Waals surface area contributed by atoms with E-state index in [0.717, 1.165) is 65.1 Å². The zero-order valence-electron chi connectivity index (χ0n) is 15.5. The minimum absolute atomic E-state index is 0.127. The first-order valence-corrected chi connectivity index (χ1v) is 10.2. The molecule has 136 valence electrons. The van der Waals surface area contributed by atoms with Crippen LogP contribution in [0.4, 0.5) is 0 Å². The third-order valence-corrected chi connectivity index (χ3v) is 5.87. The predicted molar refractivity (Wildman–Crippen MR) is 106 cm³/mol. The second-order valence-electron chi connectivity index (χ2n) is 7.02. The lowest BCUT2D eigenvalue weighted by Gasteiger charge is -2.23. The number of carbonyl (C=O) groups excluding carboxylic acids is 1. The molecule has 0 saturated heterocycles. The van der Waals surface area contributed by atoms with E-state index in [4.69, 9.17) is 4.98 Å². The zero-order valence-corrected chi connectivity index (χ0v) is 16.3. The van der Waals surface area contributed by atoms with E-state index < -0.39 is 0 Å². The van der Waals surface area contributed by atoms with Crippen molar-refractivity contribution in [3.05, 3.63) is 34.8 Å². The third kappa shape index (κ3) is 3.03. The summed E-state index contributed by atoms with van der Waals surface area (Å²) in [6, 6.07) is 6.43. The van der Waals surface area contributed by atoms with Gasteiger partial charge in [-0.2, -0.15) is 5.10 Å². The Balaban J connectivity index is 1.85. The summed E-state index contributed by atoms with van der Waals surface area (Å²) in [5, 5.41) is 7.45. The van der Waals surface area contributed by atoms with Crippen LogP contribution < -0.4 is 0 Å². The van der Waals surface area contributed by atoms with Crippen LogP contribution in [-0.4, -0.2) is 38.2 Å². The van der Waals surface area contributed by atoms with E-state index in [0.29, 0.717) is 6.04 Å². The molecule has 0 aromatic carbocycles. The molecule has 1 aliphatic rings. The number of amides is 1. The van der Waals surface area contributed by atoms with Gasteiger partial charge in [-0.05, 0) is 43.7 Å². The Morgan fingerprint density at radius 3 is 2.88 bits per heavy atom. The van der Waals surface area contributed by atoms with Crippen LogP contribution in [0.25, 0.3) is 21.6 Å². The number of nitrogens with zero attached hydrogens (tertiary/aromatic N) is 4. The monoisotopic (exact) mass is 368 g/mol. The maximum atomic E-state index is 13.5. The van der Waals surface area contributed by atoms with E-state index >= 15 is 0 Å². The highest BCUT2D eigenvalue weighted by Crippen LogP contribution is 2.33. The van der Waals surface area contributed by atoms with Crippen LogP contribution in [-0.2, 0) is 7.05 Å². The lowest BCUT2D eigenvalue weighted by Crippen LogP contribution is -2.34. The van der Waals surface area contributed by atoms with E-state index in [1.54, 1.807) is 16.0 Å². The molecule has 3 aromatic heterocycles. The number of rotatable bonds is 6. The van der Waals surface area contributed by atoms with Gasteiger partial charge in [-0.3, -0.25) is 9.48 Å². The zero-order chi connectivity index (χ0) is 18.3. The van der Waals surface area contributed by atoms with E-state index in [2.05, 4.69) is 16.9 Å². The van der Waals surface area contributed by atoms with Gasteiger partial charge in [-0.15, -0.1) is 11.3 Å². The van der Waals surface area contributed by atoms with Crippen molar-refractivity contribution in [3.8, 4) is 10.6 Å². The highest BCUT2D eigenvalue weighted by molar-refractivity contribution is 7.13. The second-order valence-corrected chi connectivity index (χ2v) is 7.97. The number of aryl methyl sites for hydroxylation is 2. The van der Waals surface area contributed by atoms with Gasteiger partial charge < -0.3 is 4.90 Å². The van der Waals surface area contributed by atoms with Crippen LogP contribution in [0, 0.1) is 6.92 Å². The van der Waals surface area contributed by atoms with E-state index in [1.807, 2.05) is 37.6 Å². The SMILES string of the molecule is CCCCN(C(=O)c1cc(-c2cccs2)nc2c1c(C)nn2C)C1CC1. The minimum atomic E-state index is 0.127. The maximum absolute atomic E-state index is 13.5. The van der Waals surface area contributed by atoms with E-state index in [1.165, 1.54) is 0 Å². The van der Waals surface area contributed by atoms with Crippen molar-refractivity contribution < 1.29 is 4.79 Å². The number of hydrogen-bond acceptors (Lipinski definition) is 4. The van der Waals surface area contributed by atoms with Crippen LogP contribution in [0.5, 0.6) is 0 Å². The number of fused-ring (bicyclic) bond motifs is 1. The number of thiophene rings is 1. The van der Waals surface area contributed by atoms with Gasteiger partial charge in [0.1, 0.15) is 0 Å². The second kappa shape index (κ2) is 6.83. The normalized spacial score (nSPS) is 14.1. The number of pyridine rings is 1. The van der Waals surface area contributed by atoms with Crippen molar-refractivity contribution in [3.63, 3.8) is 0 Å². The summed E-state index contributed by atoms with van der Waals surface area (Å²) in [5.74, 6) is 0.127. The molecule has 26 heavy (non-hydrogen) atoms. The average molecular weight is 369 g/mol. The first-order valence-electron chi connectivity index (χ1n) is 9.29. The van der Waals surface area contributed by atoms with Crippen LogP contribution >= 0.6 is 11.3 Å². The molecule has 0 atom stereocenters. The first-order chi connectivity index (χ1) is 12.6. The van der Waals surface area contributed by atoms with Crippen molar-refractivity contribution in [2.45, 2.75) is 45.6 Å². The quantitative estimate of drug-likeness (QED) is 0.647. The molecular weight excluding hydrogens is 344 g/mol. The molecule has 0 unspecified atom stereocenters. The fourth-order valence-electron chi connectivity index (χ4n) is 3.48. The van der Waals surface area contributed by atoms with Gasteiger partial charge in [0.15, 0.2) is 5.65 Å². The van der Waals surface area contributed by atoms with Gasteiger partial charge in [-0.1, -0.05) is 19.4 Å². The van der Waals surface area contributed by atoms with Crippen LogP contribution in [0.1, 0.15) is 48.7 Å². The Hall–Kier alpha value is -2.21. The summed E-state index contributed by atoms with van der Waals surface area (Å²) in [7, 11) is 1.89. The molecule has 0 bridgehead atoms. The van der Waals surface area contributed by atoms with Crippen LogP contribution in [0.2, 0.25) is 0 Å². The van der Waals surface area contributed by atoms with Crippen LogP contribution in [0.3, 0.4) is 0 Å². The van der Waals surface area contributed by atoms with Gasteiger partial charge in [0.25, 0.3) is 5.91 Å². The minimum Gasteiger partial charge on any atom is -0.336 e. The number of hydrogen-bond donors (Lipinski definition) is 0. The molecule has 1 aliphatic carbocycles. The number of aromatic nitrogens is 3. The summed E-state index contributed by atoms with van der Waals surface area (Å²) in [6.07, 6.45) is 4.37. The van der Waals surface area contributed by atoms with E-state index in [-0.39, 0.29) is 5.91 Å². The summed E-state index contributed by atoms with van der Waals surface area (Å²) < 4.78 is 1.78. The lowest BCUT2D eigenvalue weighted by atomic mass is 10.1. The topological polar surface area (TPSA) is 51.0 Å². The molecule has 1 saturated carbocycles. The Kier molecular flexibility index (Phi) is 4.53. The number of carbonyl (C=O) groups is 1. The Morgan fingerprint density at radius 2 is 2.23 bits per heavy atom. The van der Waals surface area contributed by atoms with E-state index in [9.17, 15) is 4.79 Å². The predicted octanol–water partition coefficient (Wildman–Crippen LogP) is 4.41. The van der Waals surface area contributed by atoms with Gasteiger partial charge in [0.05, 0.1) is 27.2 Å². The molecule has 0 aliphatic heterocycles. The molecule has 4 rings (SSSR count). The molecule has 0 N–H and O–H groups in total. The van der Waals surface area contributed by atoms with Crippen molar-refractivity contribution in [2.75, 3.05) is 6.54 Å². The summed E-state index contributed by atoms with van der Waals surface area (Å²) in [5.41, 5.74) is 3.24. The Labute approximate surface area is 157 Å². The van der Waals surface area contributed by atoms with Crippen molar-refractivity contribution in [1.29, 1.82) is 0 Å². The van der Waals surface area contributed by atoms with Crippen molar-refractivity contribution in [2.24, 2.45) is 7.05 Å². The van der Waals surface area contributed by atoms with Crippen molar-refractivity contribution in [1.82, 2.24) is 19.7 Å².